The molecule has 164 valence electrons. The fourth-order valence-electron chi connectivity index (χ4n) is 2.62. The van der Waals surface area contributed by atoms with Crippen molar-refractivity contribution in [2.45, 2.75) is 13.0 Å². The largest absolute Gasteiger partial charge is 0.464 e. The van der Waals surface area contributed by atoms with E-state index in [4.69, 9.17) is 19.2 Å². The van der Waals surface area contributed by atoms with Crippen molar-refractivity contribution in [1.82, 2.24) is 0 Å². The van der Waals surface area contributed by atoms with E-state index in [1.54, 1.807) is 31.2 Å². The Labute approximate surface area is 177 Å². The van der Waals surface area contributed by atoms with Crippen molar-refractivity contribution < 1.29 is 32.8 Å². The molecule has 0 radical (unpaired) electrons. The molecule has 0 N–H and O–H groups in total. The molecule has 2 rings (SSSR count). The van der Waals surface area contributed by atoms with Gasteiger partial charge in [0.05, 0.1) is 13.3 Å². The highest BCUT2D eigenvalue weighted by molar-refractivity contribution is 6.43. The van der Waals surface area contributed by atoms with Crippen LogP contribution in [0.3, 0.4) is 0 Å². The molecule has 0 spiro atoms. The van der Waals surface area contributed by atoms with Crippen molar-refractivity contribution in [2.24, 2.45) is 15.5 Å². The molecule has 0 aromatic heterocycles. The summed E-state index contributed by atoms with van der Waals surface area (Å²) in [7, 11) is 3.81. The van der Waals surface area contributed by atoms with E-state index >= 15 is 0 Å². The Morgan fingerprint density at radius 1 is 1.00 bits per heavy atom. The maximum atomic E-state index is 14.1. The first kappa shape index (κ1) is 23.5. The third-order valence-electron chi connectivity index (χ3n) is 4.01. The first-order valence-electron chi connectivity index (χ1n) is 8.97. The lowest BCUT2D eigenvalue weighted by Gasteiger charge is -2.15. The van der Waals surface area contributed by atoms with Gasteiger partial charge in [0.15, 0.2) is 5.71 Å². The second kappa shape index (κ2) is 11.4. The molecule has 31 heavy (non-hydrogen) atoms. The van der Waals surface area contributed by atoms with E-state index in [-0.39, 0.29) is 17.0 Å². The van der Waals surface area contributed by atoms with Crippen LogP contribution in [0.2, 0.25) is 0 Å². The first-order valence-corrected chi connectivity index (χ1v) is 8.97. The maximum Gasteiger partial charge on any atom is 0.360 e. The Balaban J connectivity index is 2.28. The highest BCUT2D eigenvalue weighted by Crippen LogP contribution is 2.23. The molecular weight excluding hydrogens is 412 g/mol. The van der Waals surface area contributed by atoms with Crippen LogP contribution in [0.5, 0.6) is 0 Å². The number of carbonyl (C=O) groups is 1. The topological polar surface area (TPSA) is 91.1 Å². The number of esters is 1. The Morgan fingerprint density at radius 3 is 2.35 bits per heavy atom. The number of halogens is 2. The van der Waals surface area contributed by atoms with Crippen molar-refractivity contribution in [3.05, 3.63) is 70.8 Å². The zero-order valence-corrected chi connectivity index (χ0v) is 17.3. The lowest BCUT2D eigenvalue weighted by atomic mass is 9.99. The average molecular weight is 433 g/mol. The third-order valence-corrected chi connectivity index (χ3v) is 4.01. The smallest absolute Gasteiger partial charge is 0.360 e. The second-order valence-electron chi connectivity index (χ2n) is 5.97. The number of oxime groups is 3. The summed E-state index contributed by atoms with van der Waals surface area (Å²) in [4.78, 5) is 27.0. The molecule has 0 amide bonds. The number of ether oxygens (including phenoxy) is 1. The van der Waals surface area contributed by atoms with Gasteiger partial charge in [0.2, 0.25) is 0 Å². The number of methoxy groups -OCH3 is 1. The highest BCUT2D eigenvalue weighted by atomic mass is 19.1. The lowest BCUT2D eigenvalue weighted by molar-refractivity contribution is -0.132. The van der Waals surface area contributed by atoms with E-state index in [2.05, 4.69) is 15.5 Å². The van der Waals surface area contributed by atoms with Gasteiger partial charge in [-0.3, -0.25) is 0 Å². The molecule has 0 fully saturated rings. The monoisotopic (exact) mass is 433 g/mol. The minimum Gasteiger partial charge on any atom is -0.464 e. The molecule has 0 bridgehead atoms. The fraction of sp³-hybridized carbons (Fsp3) is 0.238. The molecule has 0 aliphatic rings. The van der Waals surface area contributed by atoms with E-state index in [0.29, 0.717) is 11.1 Å². The highest BCUT2D eigenvalue weighted by Gasteiger charge is 2.22. The molecule has 1 atom stereocenters. The normalized spacial score (nSPS) is 13.1. The molecule has 0 heterocycles. The first-order chi connectivity index (χ1) is 14.9. The van der Waals surface area contributed by atoms with Gasteiger partial charge in [0, 0.05) is 22.8 Å². The molecule has 0 saturated carbocycles. The second-order valence-corrected chi connectivity index (χ2v) is 5.97. The molecule has 2 aromatic rings. The van der Waals surface area contributed by atoms with Crippen LogP contribution in [0.15, 0.2) is 57.9 Å². The SMILES string of the molecule is CON=C(C=NOC(C)c1ccccc1C(=NOC)C(=O)OC)c1ccc(F)cc1F. The van der Waals surface area contributed by atoms with Crippen molar-refractivity contribution in [1.29, 1.82) is 0 Å². The van der Waals surface area contributed by atoms with Crippen LogP contribution < -0.4 is 0 Å². The van der Waals surface area contributed by atoms with Crippen LogP contribution in [0.25, 0.3) is 0 Å². The minimum absolute atomic E-state index is 0.0170. The molecule has 2 aromatic carbocycles. The Hall–Kier alpha value is -3.82. The number of rotatable bonds is 9. The van der Waals surface area contributed by atoms with Gasteiger partial charge < -0.3 is 19.2 Å². The standard InChI is InChI=1S/C21H21F2N3O5/c1-13(15-7-5-6-8-16(15)20(26-30-4)21(27)28-2)31-24-12-19(25-29-3)17-10-9-14(22)11-18(17)23/h5-13H,1-4H3. The van der Waals surface area contributed by atoms with Gasteiger partial charge in [0.25, 0.3) is 0 Å². The van der Waals surface area contributed by atoms with E-state index in [1.165, 1.54) is 27.4 Å². The van der Waals surface area contributed by atoms with Crippen molar-refractivity contribution in [3.63, 3.8) is 0 Å². The Bertz CT molecular complexity index is 1010. The van der Waals surface area contributed by atoms with Crippen LogP contribution in [-0.2, 0) is 24.0 Å². The average Bonchev–Trinajstić information content (AvgIpc) is 2.76. The number of benzene rings is 2. The summed E-state index contributed by atoms with van der Waals surface area (Å²) in [6.07, 6.45) is 0.477. The third kappa shape index (κ3) is 6.08. The number of carbonyl (C=O) groups excluding carboxylic acids is 1. The molecule has 0 aliphatic heterocycles. The maximum absolute atomic E-state index is 14.1. The minimum atomic E-state index is -0.834. The summed E-state index contributed by atoms with van der Waals surface area (Å²) in [6, 6.07) is 9.83. The summed E-state index contributed by atoms with van der Waals surface area (Å²) in [5.41, 5.74) is 0.906. The van der Waals surface area contributed by atoms with Crippen LogP contribution in [0.4, 0.5) is 8.78 Å². The summed E-state index contributed by atoms with van der Waals surface area (Å²) in [5, 5.41) is 11.3. The number of hydrogen-bond donors (Lipinski definition) is 0. The Kier molecular flexibility index (Phi) is 8.62. The van der Waals surface area contributed by atoms with Crippen LogP contribution in [0.1, 0.15) is 29.7 Å². The molecular formula is C21H21F2N3O5. The van der Waals surface area contributed by atoms with Gasteiger partial charge in [-0.05, 0) is 19.1 Å². The van der Waals surface area contributed by atoms with E-state index < -0.39 is 23.7 Å². The van der Waals surface area contributed by atoms with Gasteiger partial charge in [0.1, 0.15) is 37.7 Å². The van der Waals surface area contributed by atoms with Gasteiger partial charge in [-0.15, -0.1) is 0 Å². The molecule has 0 saturated heterocycles. The quantitative estimate of drug-likeness (QED) is 0.342. The zero-order chi connectivity index (χ0) is 22.8. The number of hydrogen-bond acceptors (Lipinski definition) is 8. The molecule has 0 aliphatic carbocycles. The number of nitrogens with zero attached hydrogens (tertiary/aromatic N) is 3. The van der Waals surface area contributed by atoms with Gasteiger partial charge >= 0.3 is 5.97 Å². The summed E-state index contributed by atoms with van der Waals surface area (Å²) < 4.78 is 32.0. The zero-order valence-electron chi connectivity index (χ0n) is 17.3. The van der Waals surface area contributed by atoms with Gasteiger partial charge in [-0.2, -0.15) is 0 Å². The van der Waals surface area contributed by atoms with Gasteiger partial charge in [-0.25, -0.2) is 13.6 Å². The lowest BCUT2D eigenvalue weighted by Crippen LogP contribution is -2.20. The predicted octanol–water partition coefficient (Wildman–Crippen LogP) is 3.60. The molecule has 10 heteroatoms. The Morgan fingerprint density at radius 2 is 1.71 bits per heavy atom. The van der Waals surface area contributed by atoms with Crippen LogP contribution >= 0.6 is 0 Å². The van der Waals surface area contributed by atoms with E-state index in [1.807, 2.05) is 0 Å². The summed E-state index contributed by atoms with van der Waals surface area (Å²) in [6.45, 7) is 1.68. The van der Waals surface area contributed by atoms with Crippen LogP contribution in [0, 0.1) is 11.6 Å². The van der Waals surface area contributed by atoms with Crippen molar-refractivity contribution in [3.8, 4) is 0 Å². The van der Waals surface area contributed by atoms with Crippen molar-refractivity contribution >= 4 is 23.6 Å². The fourth-order valence-corrected chi connectivity index (χ4v) is 2.62. The predicted molar refractivity (Wildman–Crippen MR) is 110 cm³/mol. The molecule has 1 unspecified atom stereocenters. The summed E-state index contributed by atoms with van der Waals surface area (Å²) in [5.74, 6) is -2.25. The molecule has 8 nitrogen and oxygen atoms in total. The van der Waals surface area contributed by atoms with Crippen molar-refractivity contribution in [2.75, 3.05) is 21.3 Å². The summed E-state index contributed by atoms with van der Waals surface area (Å²) >= 11 is 0. The van der Waals surface area contributed by atoms with Gasteiger partial charge in [-0.1, -0.05) is 39.7 Å². The van der Waals surface area contributed by atoms with Crippen LogP contribution in [-0.4, -0.2) is 44.9 Å². The van der Waals surface area contributed by atoms with E-state index in [9.17, 15) is 13.6 Å². The van der Waals surface area contributed by atoms with E-state index in [0.717, 1.165) is 18.3 Å².